The highest BCUT2D eigenvalue weighted by Crippen LogP contribution is 2.20. The van der Waals surface area contributed by atoms with E-state index in [0.717, 1.165) is 0 Å². The summed E-state index contributed by atoms with van der Waals surface area (Å²) < 4.78 is 20.1. The number of halogens is 1. The third-order valence-electron chi connectivity index (χ3n) is 4.71. The molecule has 1 amide bonds. The Balaban J connectivity index is 1.64. The molecule has 2 atom stereocenters. The number of hydrogen-bond donors (Lipinski definition) is 1. The molecule has 3 rings (SSSR count). The number of aliphatic hydroxyl groups excluding tert-OH is 1. The molecule has 0 radical (unpaired) electrons. The molecule has 0 bridgehead atoms. The molecule has 1 N–H and O–H groups in total. The Morgan fingerprint density at radius 1 is 1.39 bits per heavy atom. The van der Waals surface area contributed by atoms with Gasteiger partial charge in [0.2, 0.25) is 0 Å². The standard InChI is InChI=1S/C19H23FN4O4/c1-2-28-19(27)13-6-5-9-23(10-13)18(26)16-11-24(22-21-16)12-17(25)14-7-3-4-8-15(14)20/h3-4,7-8,11,13,17,25H,2,5-6,9-10,12H2,1H3/t13-,17+/m0/s1. The van der Waals surface area contributed by atoms with Crippen molar-refractivity contribution in [2.75, 3.05) is 19.7 Å². The fourth-order valence-electron chi connectivity index (χ4n) is 3.28. The quantitative estimate of drug-likeness (QED) is 0.752. The minimum absolute atomic E-state index is 0.0351. The number of carbonyl (C=O) groups excluding carboxylic acids is 2. The number of likely N-dealkylation sites (tertiary alicyclic amines) is 1. The number of esters is 1. The molecule has 1 aliphatic heterocycles. The van der Waals surface area contributed by atoms with Crippen molar-refractivity contribution in [2.24, 2.45) is 5.92 Å². The second-order valence-electron chi connectivity index (χ2n) is 6.71. The molecule has 1 aliphatic rings. The number of benzene rings is 1. The summed E-state index contributed by atoms with van der Waals surface area (Å²) >= 11 is 0. The van der Waals surface area contributed by atoms with Crippen LogP contribution in [0.3, 0.4) is 0 Å². The number of nitrogens with zero attached hydrogens (tertiary/aromatic N) is 4. The number of hydrogen-bond acceptors (Lipinski definition) is 6. The largest absolute Gasteiger partial charge is 0.466 e. The maximum atomic E-state index is 13.8. The highest BCUT2D eigenvalue weighted by Gasteiger charge is 2.31. The van der Waals surface area contributed by atoms with Gasteiger partial charge in [-0.1, -0.05) is 23.4 Å². The number of carbonyl (C=O) groups is 2. The number of ether oxygens (including phenoxy) is 1. The SMILES string of the molecule is CCOC(=O)[C@H]1CCCN(C(=O)c2cn(C[C@@H](O)c3ccccc3F)nn2)C1. The zero-order valence-electron chi connectivity index (χ0n) is 15.6. The van der Waals surface area contributed by atoms with Crippen molar-refractivity contribution in [2.45, 2.75) is 32.4 Å². The molecular formula is C19H23FN4O4. The molecule has 0 aliphatic carbocycles. The Bertz CT molecular complexity index is 841. The van der Waals surface area contributed by atoms with Gasteiger partial charge in [0.05, 0.1) is 25.3 Å². The molecule has 1 aromatic heterocycles. The van der Waals surface area contributed by atoms with Crippen molar-refractivity contribution in [3.8, 4) is 0 Å². The highest BCUT2D eigenvalue weighted by atomic mass is 19.1. The summed E-state index contributed by atoms with van der Waals surface area (Å²) in [5, 5.41) is 17.9. The average Bonchev–Trinajstić information content (AvgIpc) is 3.16. The molecule has 2 aromatic rings. The van der Waals surface area contributed by atoms with Gasteiger partial charge in [-0.05, 0) is 25.8 Å². The Kier molecular flexibility index (Phi) is 6.35. The second kappa shape index (κ2) is 8.92. The number of rotatable bonds is 6. The van der Waals surface area contributed by atoms with E-state index in [1.165, 1.54) is 23.0 Å². The van der Waals surface area contributed by atoms with Crippen molar-refractivity contribution in [3.05, 3.63) is 47.5 Å². The van der Waals surface area contributed by atoms with E-state index in [0.29, 0.717) is 26.0 Å². The van der Waals surface area contributed by atoms with Crippen LogP contribution in [0.1, 0.15) is 41.9 Å². The Morgan fingerprint density at radius 3 is 2.93 bits per heavy atom. The summed E-state index contributed by atoms with van der Waals surface area (Å²) in [5.74, 6) is -1.47. The van der Waals surface area contributed by atoms with Crippen LogP contribution in [-0.4, -0.2) is 56.6 Å². The van der Waals surface area contributed by atoms with Gasteiger partial charge in [-0.2, -0.15) is 0 Å². The molecule has 9 heteroatoms. The zero-order chi connectivity index (χ0) is 20.1. The normalized spacial score (nSPS) is 18.0. The molecule has 0 saturated carbocycles. The molecule has 28 heavy (non-hydrogen) atoms. The number of amides is 1. The molecule has 1 saturated heterocycles. The minimum Gasteiger partial charge on any atom is -0.466 e. The van der Waals surface area contributed by atoms with Gasteiger partial charge in [0, 0.05) is 18.7 Å². The molecule has 2 heterocycles. The van der Waals surface area contributed by atoms with Gasteiger partial charge in [-0.3, -0.25) is 9.59 Å². The summed E-state index contributed by atoms with van der Waals surface area (Å²) in [6, 6.07) is 5.94. The maximum Gasteiger partial charge on any atom is 0.310 e. The van der Waals surface area contributed by atoms with Gasteiger partial charge in [0.15, 0.2) is 5.69 Å². The Morgan fingerprint density at radius 2 is 2.18 bits per heavy atom. The van der Waals surface area contributed by atoms with E-state index >= 15 is 0 Å². The zero-order valence-corrected chi connectivity index (χ0v) is 15.6. The van der Waals surface area contributed by atoms with Crippen LogP contribution in [-0.2, 0) is 16.1 Å². The molecular weight excluding hydrogens is 367 g/mol. The highest BCUT2D eigenvalue weighted by molar-refractivity contribution is 5.92. The van der Waals surface area contributed by atoms with Gasteiger partial charge >= 0.3 is 5.97 Å². The lowest BCUT2D eigenvalue weighted by Gasteiger charge is -2.30. The lowest BCUT2D eigenvalue weighted by atomic mass is 9.98. The van der Waals surface area contributed by atoms with Crippen molar-refractivity contribution >= 4 is 11.9 Å². The number of aliphatic hydroxyl groups is 1. The van der Waals surface area contributed by atoms with E-state index in [2.05, 4.69) is 10.3 Å². The third kappa shape index (κ3) is 4.53. The van der Waals surface area contributed by atoms with Crippen LogP contribution in [0.4, 0.5) is 4.39 Å². The smallest absolute Gasteiger partial charge is 0.310 e. The Labute approximate surface area is 161 Å². The maximum absolute atomic E-state index is 13.8. The van der Waals surface area contributed by atoms with E-state index in [9.17, 15) is 19.1 Å². The first kappa shape index (κ1) is 19.9. The summed E-state index contributed by atoms with van der Waals surface area (Å²) in [6.07, 6.45) is 1.69. The van der Waals surface area contributed by atoms with Crippen LogP contribution in [0, 0.1) is 11.7 Å². The summed E-state index contributed by atoms with van der Waals surface area (Å²) in [4.78, 5) is 26.2. The van der Waals surface area contributed by atoms with E-state index in [1.54, 1.807) is 24.0 Å². The summed E-state index contributed by atoms with van der Waals surface area (Å²) in [6.45, 7) is 2.83. The van der Waals surface area contributed by atoms with Crippen LogP contribution in [0.15, 0.2) is 30.5 Å². The fraction of sp³-hybridized carbons (Fsp3) is 0.474. The number of piperidine rings is 1. The first-order valence-electron chi connectivity index (χ1n) is 9.28. The average molecular weight is 390 g/mol. The van der Waals surface area contributed by atoms with Crippen LogP contribution < -0.4 is 0 Å². The van der Waals surface area contributed by atoms with E-state index in [-0.39, 0.29) is 42.1 Å². The number of aromatic nitrogens is 3. The van der Waals surface area contributed by atoms with Crippen LogP contribution in [0.2, 0.25) is 0 Å². The van der Waals surface area contributed by atoms with E-state index in [4.69, 9.17) is 4.74 Å². The van der Waals surface area contributed by atoms with Crippen molar-refractivity contribution in [1.29, 1.82) is 0 Å². The lowest BCUT2D eigenvalue weighted by molar-refractivity contribution is -0.149. The second-order valence-corrected chi connectivity index (χ2v) is 6.71. The minimum atomic E-state index is -1.12. The fourth-order valence-corrected chi connectivity index (χ4v) is 3.28. The molecule has 1 fully saturated rings. The molecule has 1 aromatic carbocycles. The van der Waals surface area contributed by atoms with Crippen molar-refractivity contribution in [3.63, 3.8) is 0 Å². The van der Waals surface area contributed by atoms with Gasteiger partial charge in [0.25, 0.3) is 5.91 Å². The Hall–Kier alpha value is -2.81. The first-order valence-corrected chi connectivity index (χ1v) is 9.28. The summed E-state index contributed by atoms with van der Waals surface area (Å²) in [5.41, 5.74) is 0.268. The van der Waals surface area contributed by atoms with Crippen LogP contribution in [0.25, 0.3) is 0 Å². The van der Waals surface area contributed by atoms with Gasteiger partial charge in [0.1, 0.15) is 11.9 Å². The van der Waals surface area contributed by atoms with E-state index in [1.807, 2.05) is 0 Å². The molecule has 0 unspecified atom stereocenters. The lowest BCUT2D eigenvalue weighted by Crippen LogP contribution is -2.43. The third-order valence-corrected chi connectivity index (χ3v) is 4.71. The van der Waals surface area contributed by atoms with E-state index < -0.39 is 11.9 Å². The monoisotopic (exact) mass is 390 g/mol. The van der Waals surface area contributed by atoms with Gasteiger partial charge < -0.3 is 14.7 Å². The predicted octanol–water partition coefficient (Wildman–Crippen LogP) is 1.57. The molecule has 8 nitrogen and oxygen atoms in total. The van der Waals surface area contributed by atoms with Crippen molar-refractivity contribution in [1.82, 2.24) is 19.9 Å². The summed E-state index contributed by atoms with van der Waals surface area (Å²) in [7, 11) is 0. The molecule has 0 spiro atoms. The topological polar surface area (TPSA) is 97.5 Å². The van der Waals surface area contributed by atoms with Crippen LogP contribution in [0.5, 0.6) is 0 Å². The molecule has 150 valence electrons. The first-order chi connectivity index (χ1) is 13.5. The van der Waals surface area contributed by atoms with Gasteiger partial charge in [-0.15, -0.1) is 5.10 Å². The predicted molar refractivity (Wildman–Crippen MR) is 96.6 cm³/mol. The van der Waals surface area contributed by atoms with Gasteiger partial charge in [-0.25, -0.2) is 9.07 Å². The van der Waals surface area contributed by atoms with Crippen LogP contribution >= 0.6 is 0 Å². The van der Waals surface area contributed by atoms with Crippen molar-refractivity contribution < 1.29 is 23.8 Å².